The number of pyridine rings is 1. The van der Waals surface area contributed by atoms with Gasteiger partial charge in [-0.25, -0.2) is 24.6 Å². The predicted octanol–water partition coefficient (Wildman–Crippen LogP) is 3.24. The molecule has 5 aromatic rings. The molecule has 0 saturated carbocycles. The Morgan fingerprint density at radius 2 is 1.86 bits per heavy atom. The first-order chi connectivity index (χ1) is 17.1. The summed E-state index contributed by atoms with van der Waals surface area (Å²) in [6, 6.07) is 1.36. The van der Waals surface area contributed by atoms with Crippen LogP contribution in [0.25, 0.3) is 22.0 Å². The number of alkyl halides is 3. The van der Waals surface area contributed by atoms with Gasteiger partial charge in [-0.2, -0.15) is 13.2 Å². The third kappa shape index (κ3) is 4.54. The van der Waals surface area contributed by atoms with Crippen LogP contribution in [0.3, 0.4) is 0 Å². The Bertz CT molecular complexity index is 1580. The number of rotatable bonds is 6. The maximum Gasteiger partial charge on any atom is 0.394 e. The van der Waals surface area contributed by atoms with Gasteiger partial charge in [-0.05, 0) is 25.5 Å². The average Bonchev–Trinajstić information content (AvgIpc) is 3.51. The molecule has 0 fully saturated rings. The van der Waals surface area contributed by atoms with Gasteiger partial charge in [-0.15, -0.1) is 16.4 Å². The molecule has 184 valence electrons. The molecule has 0 aliphatic heterocycles. The van der Waals surface area contributed by atoms with Crippen molar-refractivity contribution in [2.75, 3.05) is 0 Å². The third-order valence-electron chi connectivity index (χ3n) is 5.32. The number of thiazole rings is 1. The zero-order chi connectivity index (χ0) is 25.6. The highest BCUT2D eigenvalue weighted by molar-refractivity contribution is 7.14. The van der Waals surface area contributed by atoms with Crippen LogP contribution in [0.1, 0.15) is 38.0 Å². The first-order valence-electron chi connectivity index (χ1n) is 10.6. The van der Waals surface area contributed by atoms with Crippen LogP contribution in [0.5, 0.6) is 0 Å². The van der Waals surface area contributed by atoms with Crippen LogP contribution in [-0.4, -0.2) is 51.4 Å². The summed E-state index contributed by atoms with van der Waals surface area (Å²) in [5, 5.41) is 8.14. The number of aromatic nitrogens is 8. The topological polar surface area (TPSA) is 130 Å². The highest BCUT2D eigenvalue weighted by Gasteiger charge is 2.31. The lowest BCUT2D eigenvalue weighted by Gasteiger charge is -2.11. The van der Waals surface area contributed by atoms with E-state index in [-0.39, 0.29) is 22.6 Å². The fourth-order valence-electron chi connectivity index (χ4n) is 3.77. The van der Waals surface area contributed by atoms with E-state index in [9.17, 15) is 18.0 Å². The van der Waals surface area contributed by atoms with Crippen LogP contribution in [0.4, 0.5) is 13.2 Å². The molecule has 5 heterocycles. The number of aryl methyl sites for hydroxylation is 2. The summed E-state index contributed by atoms with van der Waals surface area (Å²) in [6.45, 7) is 3.67. The van der Waals surface area contributed by atoms with Crippen molar-refractivity contribution in [1.29, 1.82) is 0 Å². The number of halogens is 3. The number of carbonyl (C=O) groups excluding carboxylic acids is 1. The Hall–Kier alpha value is -4.20. The zero-order valence-corrected chi connectivity index (χ0v) is 19.8. The van der Waals surface area contributed by atoms with Crippen molar-refractivity contribution in [2.24, 2.45) is 5.73 Å². The van der Waals surface area contributed by atoms with Crippen LogP contribution in [-0.2, 0) is 12.8 Å². The van der Waals surface area contributed by atoms with Gasteiger partial charge < -0.3 is 5.73 Å². The van der Waals surface area contributed by atoms with E-state index < -0.39 is 18.5 Å². The van der Waals surface area contributed by atoms with Gasteiger partial charge in [0.25, 0.3) is 0 Å². The molecule has 0 saturated heterocycles. The van der Waals surface area contributed by atoms with E-state index >= 15 is 0 Å². The molecule has 36 heavy (non-hydrogen) atoms. The van der Waals surface area contributed by atoms with Crippen LogP contribution >= 0.6 is 11.3 Å². The Morgan fingerprint density at radius 3 is 2.50 bits per heavy atom. The summed E-state index contributed by atoms with van der Waals surface area (Å²) in [6.07, 6.45) is 2.14. The highest BCUT2D eigenvalue weighted by Crippen LogP contribution is 2.33. The number of carbonyl (C=O) groups is 1. The van der Waals surface area contributed by atoms with E-state index in [2.05, 4.69) is 25.3 Å². The molecule has 0 spiro atoms. The van der Waals surface area contributed by atoms with Crippen molar-refractivity contribution in [1.82, 2.24) is 39.3 Å². The fraction of sp³-hybridized carbons (Fsp3) is 0.227. The molecule has 14 heteroatoms. The molecule has 0 aromatic carbocycles. The molecule has 0 aliphatic carbocycles. The molecule has 0 bridgehead atoms. The number of fused-ring (bicyclic) bond motifs is 1. The second-order valence-corrected chi connectivity index (χ2v) is 9.33. The molecule has 0 aliphatic rings. The quantitative estimate of drug-likeness (QED) is 0.369. The minimum absolute atomic E-state index is 0.0584. The number of primary amides is 1. The zero-order valence-electron chi connectivity index (χ0n) is 19.0. The van der Waals surface area contributed by atoms with Crippen LogP contribution in [0.2, 0.25) is 0 Å². The van der Waals surface area contributed by atoms with Gasteiger partial charge >= 0.3 is 6.18 Å². The Balaban J connectivity index is 1.78. The summed E-state index contributed by atoms with van der Waals surface area (Å²) in [5.41, 5.74) is 7.73. The molecular formula is C22H18F3N9OS. The predicted molar refractivity (Wildman–Crippen MR) is 124 cm³/mol. The van der Waals surface area contributed by atoms with Crippen LogP contribution in [0.15, 0.2) is 37.1 Å². The molecule has 0 atom stereocenters. The minimum atomic E-state index is -4.49. The summed E-state index contributed by atoms with van der Waals surface area (Å²) in [7, 11) is 0. The largest absolute Gasteiger partial charge is 0.394 e. The van der Waals surface area contributed by atoms with Crippen molar-refractivity contribution >= 4 is 22.9 Å². The molecule has 10 nitrogen and oxygen atoms in total. The molecular weight excluding hydrogens is 495 g/mol. The van der Waals surface area contributed by atoms with Crippen molar-refractivity contribution in [3.8, 4) is 16.4 Å². The number of nitrogens with two attached hydrogens (primary N) is 1. The Kier molecular flexibility index (Phi) is 5.74. The summed E-state index contributed by atoms with van der Waals surface area (Å²) in [5.74, 6) is -0.152. The van der Waals surface area contributed by atoms with Gasteiger partial charge in [0, 0.05) is 36.1 Å². The number of nitrogens with zero attached hydrogens (tertiary/aromatic N) is 8. The van der Waals surface area contributed by atoms with Crippen molar-refractivity contribution in [2.45, 2.75) is 32.9 Å². The van der Waals surface area contributed by atoms with Crippen molar-refractivity contribution in [3.05, 3.63) is 70.3 Å². The normalized spacial score (nSPS) is 11.9. The van der Waals surface area contributed by atoms with Gasteiger partial charge in [0.1, 0.15) is 22.2 Å². The van der Waals surface area contributed by atoms with Crippen molar-refractivity contribution in [3.63, 3.8) is 0 Å². The maximum absolute atomic E-state index is 13.2. The van der Waals surface area contributed by atoms with E-state index in [1.54, 1.807) is 29.9 Å². The van der Waals surface area contributed by atoms with E-state index in [4.69, 9.17) is 10.7 Å². The minimum Gasteiger partial charge on any atom is -0.366 e. The van der Waals surface area contributed by atoms with E-state index in [1.165, 1.54) is 23.6 Å². The number of amides is 1. The number of hydrogen-bond acceptors (Lipinski definition) is 8. The second kappa shape index (κ2) is 8.78. The third-order valence-corrected chi connectivity index (χ3v) is 6.24. The van der Waals surface area contributed by atoms with Gasteiger partial charge in [-0.3, -0.25) is 9.20 Å². The highest BCUT2D eigenvalue weighted by atomic mass is 32.1. The van der Waals surface area contributed by atoms with Crippen LogP contribution < -0.4 is 5.73 Å². The van der Waals surface area contributed by atoms with E-state index in [0.29, 0.717) is 28.6 Å². The molecule has 5 aromatic heterocycles. The number of imidazole rings is 1. The van der Waals surface area contributed by atoms with Gasteiger partial charge in [-0.1, -0.05) is 5.21 Å². The SMILES string of the molecule is Cc1ncc(Cc2nc3c(-n4nncc4CC(F)(F)F)cc(C(N)=O)cn3c2-c2ncc(C)s2)cn1. The molecule has 0 unspecified atom stereocenters. The molecule has 0 radical (unpaired) electrons. The first-order valence-corrected chi connectivity index (χ1v) is 11.4. The monoisotopic (exact) mass is 513 g/mol. The summed E-state index contributed by atoms with van der Waals surface area (Å²) < 4.78 is 42.3. The second-order valence-electron chi connectivity index (χ2n) is 8.10. The summed E-state index contributed by atoms with van der Waals surface area (Å²) >= 11 is 1.41. The van der Waals surface area contributed by atoms with Crippen molar-refractivity contribution < 1.29 is 18.0 Å². The maximum atomic E-state index is 13.2. The standard InChI is InChI=1S/C22H18F3N9OS/c1-11-6-29-21(36-11)18-16(3-13-7-27-12(2)28-8-13)31-20-17(4-14(19(26)35)10-33(18)20)34-15(9-30-32-34)5-22(23,24)25/h4,6-10H,3,5H2,1-2H3,(H2,26,35). The summed E-state index contributed by atoms with van der Waals surface area (Å²) in [4.78, 5) is 30.8. The van der Waals surface area contributed by atoms with E-state index in [1.807, 2.05) is 6.92 Å². The van der Waals surface area contributed by atoms with Gasteiger partial charge in [0.2, 0.25) is 5.91 Å². The van der Waals surface area contributed by atoms with E-state index in [0.717, 1.165) is 21.3 Å². The first kappa shape index (κ1) is 23.5. The molecule has 5 rings (SSSR count). The van der Waals surface area contributed by atoms with Crippen LogP contribution in [0, 0.1) is 13.8 Å². The Labute approximate surface area is 205 Å². The lowest BCUT2D eigenvalue weighted by atomic mass is 10.1. The molecule has 2 N–H and O–H groups in total. The average molecular weight is 514 g/mol. The van der Waals surface area contributed by atoms with Gasteiger partial charge in [0.15, 0.2) is 5.65 Å². The smallest absolute Gasteiger partial charge is 0.366 e. The fourth-order valence-corrected chi connectivity index (χ4v) is 4.60. The Morgan fingerprint density at radius 1 is 1.11 bits per heavy atom. The lowest BCUT2D eigenvalue weighted by molar-refractivity contribution is -0.128. The lowest BCUT2D eigenvalue weighted by Crippen LogP contribution is -2.17. The van der Waals surface area contributed by atoms with Gasteiger partial charge in [0.05, 0.1) is 29.6 Å². The number of hydrogen-bond donors (Lipinski definition) is 1. The molecule has 1 amide bonds.